The number of carbonyl (C=O) groups is 1. The van der Waals surface area contributed by atoms with Gasteiger partial charge in [0.2, 0.25) is 0 Å². The molecule has 1 aromatic carbocycles. The van der Waals surface area contributed by atoms with E-state index in [9.17, 15) is 13.6 Å². The van der Waals surface area contributed by atoms with E-state index in [2.05, 4.69) is 5.32 Å². The number of piperidine rings is 1. The van der Waals surface area contributed by atoms with Crippen LogP contribution in [-0.4, -0.2) is 44.6 Å². The Morgan fingerprint density at radius 1 is 1.30 bits per heavy atom. The summed E-state index contributed by atoms with van der Waals surface area (Å²) in [6.45, 7) is 2.07. The average Bonchev–Trinajstić information content (AvgIpc) is 2.54. The number of carbonyl (C=O) groups excluding carboxylic acids is 1. The minimum absolute atomic E-state index is 0. The monoisotopic (exact) mass is 348 g/mol. The third kappa shape index (κ3) is 4.54. The molecule has 1 aliphatic heterocycles. The standard InChI is InChI=1S/C16H22F2N2O2.ClH/c1-19-8-5-11-6-9-20(10-7-11)16(21)14-12(17)3-4-13(18)15(14)22-2;/h3-4,11,19H,5-10H2,1-2H3;1H. The lowest BCUT2D eigenvalue weighted by Crippen LogP contribution is -2.39. The van der Waals surface area contributed by atoms with Crippen LogP contribution in [0.1, 0.15) is 29.6 Å². The molecule has 0 bridgehead atoms. The number of methoxy groups -OCH3 is 1. The summed E-state index contributed by atoms with van der Waals surface area (Å²) < 4.78 is 32.5. The molecule has 0 spiro atoms. The smallest absolute Gasteiger partial charge is 0.260 e. The first kappa shape index (κ1) is 19.6. The van der Waals surface area contributed by atoms with Gasteiger partial charge in [-0.3, -0.25) is 4.79 Å². The number of hydrogen-bond donors (Lipinski definition) is 1. The molecule has 1 aliphatic rings. The maximum absolute atomic E-state index is 14.0. The second kappa shape index (κ2) is 9.03. The predicted octanol–water partition coefficient (Wildman–Crippen LogP) is 2.86. The topological polar surface area (TPSA) is 41.6 Å². The van der Waals surface area contributed by atoms with Crippen molar-refractivity contribution in [2.45, 2.75) is 19.3 Å². The highest BCUT2D eigenvalue weighted by atomic mass is 35.5. The Labute approximate surface area is 141 Å². The molecule has 23 heavy (non-hydrogen) atoms. The van der Waals surface area contributed by atoms with Gasteiger partial charge in [-0.1, -0.05) is 0 Å². The maximum atomic E-state index is 14.0. The molecule has 0 radical (unpaired) electrons. The van der Waals surface area contributed by atoms with Crippen LogP contribution < -0.4 is 10.1 Å². The predicted molar refractivity (Wildman–Crippen MR) is 87.3 cm³/mol. The second-order valence-electron chi connectivity index (χ2n) is 5.57. The Morgan fingerprint density at radius 2 is 1.91 bits per heavy atom. The maximum Gasteiger partial charge on any atom is 0.260 e. The Bertz CT molecular complexity index is 535. The van der Waals surface area contributed by atoms with E-state index in [4.69, 9.17) is 4.74 Å². The van der Waals surface area contributed by atoms with E-state index in [1.165, 1.54) is 7.11 Å². The van der Waals surface area contributed by atoms with Gasteiger partial charge in [0.1, 0.15) is 11.4 Å². The molecule has 1 fully saturated rings. The summed E-state index contributed by atoms with van der Waals surface area (Å²) in [5, 5.41) is 3.12. The van der Waals surface area contributed by atoms with Crippen molar-refractivity contribution in [1.29, 1.82) is 0 Å². The molecular formula is C16H23ClF2N2O2. The molecule has 7 heteroatoms. The summed E-state index contributed by atoms with van der Waals surface area (Å²) in [7, 11) is 3.15. The lowest BCUT2D eigenvalue weighted by Gasteiger charge is -2.32. The number of ether oxygens (including phenoxy) is 1. The van der Waals surface area contributed by atoms with Crippen molar-refractivity contribution in [2.75, 3.05) is 33.8 Å². The van der Waals surface area contributed by atoms with Gasteiger partial charge in [-0.15, -0.1) is 12.4 Å². The van der Waals surface area contributed by atoms with E-state index in [1.807, 2.05) is 7.05 Å². The molecule has 0 aliphatic carbocycles. The number of halogens is 3. The summed E-state index contributed by atoms with van der Waals surface area (Å²) in [4.78, 5) is 14.1. The molecular weight excluding hydrogens is 326 g/mol. The number of nitrogens with one attached hydrogen (secondary N) is 1. The van der Waals surface area contributed by atoms with E-state index in [0.29, 0.717) is 19.0 Å². The Balaban J connectivity index is 0.00000264. The number of amides is 1. The normalized spacial score (nSPS) is 15.2. The van der Waals surface area contributed by atoms with E-state index < -0.39 is 17.5 Å². The fraction of sp³-hybridized carbons (Fsp3) is 0.562. The highest BCUT2D eigenvalue weighted by Gasteiger charge is 2.28. The molecule has 0 atom stereocenters. The molecule has 2 rings (SSSR count). The highest BCUT2D eigenvalue weighted by Crippen LogP contribution is 2.28. The van der Waals surface area contributed by atoms with Gasteiger partial charge in [-0.2, -0.15) is 0 Å². The van der Waals surface area contributed by atoms with Gasteiger partial charge < -0.3 is 15.0 Å². The molecule has 1 aromatic rings. The summed E-state index contributed by atoms with van der Waals surface area (Å²) in [6, 6.07) is 1.93. The first-order valence-corrected chi connectivity index (χ1v) is 7.54. The molecule has 1 amide bonds. The van der Waals surface area contributed by atoms with Crippen molar-refractivity contribution < 1.29 is 18.3 Å². The molecule has 1 saturated heterocycles. The number of nitrogens with zero attached hydrogens (tertiary/aromatic N) is 1. The summed E-state index contributed by atoms with van der Waals surface area (Å²) in [5.41, 5.74) is -0.309. The van der Waals surface area contributed by atoms with E-state index in [1.54, 1.807) is 4.90 Å². The molecule has 1 heterocycles. The lowest BCUT2D eigenvalue weighted by atomic mass is 9.93. The van der Waals surface area contributed by atoms with Crippen LogP contribution in [0.5, 0.6) is 5.75 Å². The Morgan fingerprint density at radius 3 is 2.48 bits per heavy atom. The van der Waals surface area contributed by atoms with Crippen LogP contribution in [-0.2, 0) is 0 Å². The second-order valence-corrected chi connectivity index (χ2v) is 5.57. The number of benzene rings is 1. The largest absolute Gasteiger partial charge is 0.493 e. The van der Waals surface area contributed by atoms with Crippen molar-refractivity contribution in [3.05, 3.63) is 29.3 Å². The van der Waals surface area contributed by atoms with Gasteiger partial charge in [-0.05, 0) is 50.9 Å². The quantitative estimate of drug-likeness (QED) is 0.889. The van der Waals surface area contributed by atoms with Crippen molar-refractivity contribution in [2.24, 2.45) is 5.92 Å². The average molecular weight is 349 g/mol. The zero-order valence-corrected chi connectivity index (χ0v) is 14.2. The minimum atomic E-state index is -0.749. The van der Waals surface area contributed by atoms with Crippen LogP contribution in [0.4, 0.5) is 8.78 Å². The van der Waals surface area contributed by atoms with E-state index in [-0.39, 0.29) is 23.7 Å². The molecule has 1 N–H and O–H groups in total. The molecule has 0 saturated carbocycles. The van der Waals surface area contributed by atoms with Gasteiger partial charge in [0.15, 0.2) is 11.6 Å². The van der Waals surface area contributed by atoms with Gasteiger partial charge in [-0.25, -0.2) is 8.78 Å². The first-order chi connectivity index (χ1) is 10.6. The van der Waals surface area contributed by atoms with Gasteiger partial charge in [0.05, 0.1) is 7.11 Å². The molecule has 4 nitrogen and oxygen atoms in total. The third-order valence-corrected chi connectivity index (χ3v) is 4.18. The highest BCUT2D eigenvalue weighted by molar-refractivity contribution is 5.97. The molecule has 0 unspecified atom stereocenters. The van der Waals surface area contributed by atoms with Crippen LogP contribution >= 0.6 is 12.4 Å². The van der Waals surface area contributed by atoms with Crippen molar-refractivity contribution in [1.82, 2.24) is 10.2 Å². The SMILES string of the molecule is CNCCC1CCN(C(=O)c2c(F)ccc(F)c2OC)CC1.Cl. The van der Waals surface area contributed by atoms with Crippen molar-refractivity contribution >= 4 is 18.3 Å². The first-order valence-electron chi connectivity index (χ1n) is 7.54. The van der Waals surface area contributed by atoms with Gasteiger partial charge in [0, 0.05) is 13.1 Å². The number of likely N-dealkylation sites (tertiary alicyclic amines) is 1. The summed E-state index contributed by atoms with van der Waals surface area (Å²) in [6.07, 6.45) is 2.83. The van der Waals surface area contributed by atoms with Crippen LogP contribution in [0.15, 0.2) is 12.1 Å². The Kier molecular flexibility index (Phi) is 7.72. The Hall–Kier alpha value is -1.40. The molecule has 0 aromatic heterocycles. The van der Waals surface area contributed by atoms with Gasteiger partial charge >= 0.3 is 0 Å². The number of hydrogen-bond acceptors (Lipinski definition) is 3. The number of rotatable bonds is 5. The van der Waals surface area contributed by atoms with Crippen LogP contribution in [0, 0.1) is 17.6 Å². The van der Waals surface area contributed by atoms with E-state index >= 15 is 0 Å². The summed E-state index contributed by atoms with van der Waals surface area (Å²) in [5.74, 6) is -1.73. The third-order valence-electron chi connectivity index (χ3n) is 4.18. The minimum Gasteiger partial charge on any atom is -0.493 e. The fourth-order valence-electron chi connectivity index (χ4n) is 2.86. The van der Waals surface area contributed by atoms with Crippen LogP contribution in [0.3, 0.4) is 0 Å². The zero-order valence-electron chi connectivity index (χ0n) is 13.4. The van der Waals surface area contributed by atoms with E-state index in [0.717, 1.165) is 37.9 Å². The zero-order chi connectivity index (χ0) is 16.1. The van der Waals surface area contributed by atoms with Crippen LogP contribution in [0.25, 0.3) is 0 Å². The summed E-state index contributed by atoms with van der Waals surface area (Å²) >= 11 is 0. The van der Waals surface area contributed by atoms with Gasteiger partial charge in [0.25, 0.3) is 5.91 Å². The fourth-order valence-corrected chi connectivity index (χ4v) is 2.86. The van der Waals surface area contributed by atoms with Crippen molar-refractivity contribution in [3.8, 4) is 5.75 Å². The lowest BCUT2D eigenvalue weighted by molar-refractivity contribution is 0.0677. The molecule has 130 valence electrons. The van der Waals surface area contributed by atoms with Crippen molar-refractivity contribution in [3.63, 3.8) is 0 Å². The van der Waals surface area contributed by atoms with Crippen LogP contribution in [0.2, 0.25) is 0 Å².